The van der Waals surface area contributed by atoms with Crippen LogP contribution in [-0.4, -0.2) is 36.7 Å². The third-order valence-electron chi connectivity index (χ3n) is 3.17. The number of piperidine rings is 1. The Morgan fingerprint density at radius 3 is 2.69 bits per heavy atom. The number of likely N-dealkylation sites (tertiary alicyclic amines) is 1. The van der Waals surface area contributed by atoms with E-state index in [1.54, 1.807) is 0 Å². The highest BCUT2D eigenvalue weighted by Gasteiger charge is 2.19. The minimum absolute atomic E-state index is 0.103. The van der Waals surface area contributed by atoms with Crippen molar-refractivity contribution in [2.75, 3.05) is 19.6 Å². The summed E-state index contributed by atoms with van der Waals surface area (Å²) in [5.74, 6) is -0.348. The van der Waals surface area contributed by atoms with Gasteiger partial charge < -0.3 is 5.73 Å². The molecule has 0 aromatic rings. The first kappa shape index (κ1) is 11.7. The molecule has 2 nitrogen and oxygen atoms in total. The van der Waals surface area contributed by atoms with E-state index in [2.05, 4.69) is 4.90 Å². The van der Waals surface area contributed by atoms with Gasteiger partial charge in [0.2, 0.25) is 0 Å². The van der Waals surface area contributed by atoms with Crippen LogP contribution < -0.4 is 5.73 Å². The van der Waals surface area contributed by atoms with E-state index < -0.39 is 6.17 Å². The van der Waals surface area contributed by atoms with Gasteiger partial charge in [-0.2, -0.15) is 0 Å². The van der Waals surface area contributed by atoms with Crippen LogP contribution in [0.2, 0.25) is 0 Å². The van der Waals surface area contributed by atoms with Crippen molar-refractivity contribution in [3.8, 4) is 0 Å². The summed E-state index contributed by atoms with van der Waals surface area (Å²) in [5.41, 5.74) is 6.56. The molecule has 2 rings (SSSR count). The third kappa shape index (κ3) is 3.12. The maximum Gasteiger partial charge on any atom is 0.125 e. The lowest BCUT2D eigenvalue weighted by atomic mass is 10.0. The van der Waals surface area contributed by atoms with Crippen LogP contribution in [0.15, 0.2) is 23.6 Å². The molecule has 2 N–H and O–H groups in total. The predicted molar refractivity (Wildman–Crippen MR) is 60.4 cm³/mol. The molecular formula is C12H18F2N2. The standard InChI is InChI=1S/C12H18F2N2/c13-10-5-9(6-11(14)7-10)8-16-3-1-12(15)2-4-16/h5-6,10,12H,1-4,7-8,15H2. The lowest BCUT2D eigenvalue weighted by Gasteiger charge is -2.30. The minimum Gasteiger partial charge on any atom is -0.328 e. The summed E-state index contributed by atoms with van der Waals surface area (Å²) < 4.78 is 26.1. The fourth-order valence-electron chi connectivity index (χ4n) is 2.25. The first-order chi connectivity index (χ1) is 7.63. The van der Waals surface area contributed by atoms with E-state index in [0.717, 1.165) is 31.5 Å². The van der Waals surface area contributed by atoms with E-state index in [1.807, 2.05) is 0 Å². The van der Waals surface area contributed by atoms with Gasteiger partial charge in [-0.3, -0.25) is 4.90 Å². The van der Waals surface area contributed by atoms with Gasteiger partial charge in [-0.05, 0) is 43.7 Å². The topological polar surface area (TPSA) is 29.3 Å². The Labute approximate surface area is 94.8 Å². The highest BCUT2D eigenvalue weighted by atomic mass is 19.1. The summed E-state index contributed by atoms with van der Waals surface area (Å²) >= 11 is 0. The monoisotopic (exact) mass is 228 g/mol. The number of rotatable bonds is 2. The van der Waals surface area contributed by atoms with Crippen molar-refractivity contribution < 1.29 is 8.78 Å². The Morgan fingerprint density at radius 1 is 1.38 bits per heavy atom. The summed E-state index contributed by atoms with van der Waals surface area (Å²) in [6, 6.07) is 0.290. The Bertz CT molecular complexity index is 304. The van der Waals surface area contributed by atoms with E-state index >= 15 is 0 Å². The van der Waals surface area contributed by atoms with Crippen molar-refractivity contribution in [1.29, 1.82) is 0 Å². The molecule has 90 valence electrons. The predicted octanol–water partition coefficient (Wildman–Crippen LogP) is 1.93. The van der Waals surface area contributed by atoms with Crippen LogP contribution in [0.25, 0.3) is 0 Å². The highest BCUT2D eigenvalue weighted by Crippen LogP contribution is 2.22. The Morgan fingerprint density at radius 2 is 2.06 bits per heavy atom. The molecular weight excluding hydrogens is 210 g/mol. The fraction of sp³-hybridized carbons (Fsp3) is 0.667. The maximum atomic E-state index is 13.1. The van der Waals surface area contributed by atoms with Gasteiger partial charge in [-0.15, -0.1) is 0 Å². The van der Waals surface area contributed by atoms with E-state index in [4.69, 9.17) is 5.73 Å². The number of halogens is 2. The largest absolute Gasteiger partial charge is 0.328 e. The molecule has 1 saturated heterocycles. The van der Waals surface area contributed by atoms with Crippen molar-refractivity contribution >= 4 is 0 Å². The second kappa shape index (κ2) is 5.06. The molecule has 2 aliphatic rings. The zero-order valence-corrected chi connectivity index (χ0v) is 9.33. The highest BCUT2D eigenvalue weighted by molar-refractivity contribution is 5.28. The molecule has 0 saturated carbocycles. The van der Waals surface area contributed by atoms with Crippen molar-refractivity contribution in [3.05, 3.63) is 23.6 Å². The van der Waals surface area contributed by atoms with Crippen LogP contribution in [-0.2, 0) is 0 Å². The molecule has 4 heteroatoms. The third-order valence-corrected chi connectivity index (χ3v) is 3.17. The van der Waals surface area contributed by atoms with Crippen LogP contribution in [0.1, 0.15) is 19.3 Å². The van der Waals surface area contributed by atoms with Gasteiger partial charge in [0.15, 0.2) is 0 Å². The van der Waals surface area contributed by atoms with Crippen molar-refractivity contribution in [3.63, 3.8) is 0 Å². The molecule has 0 bridgehead atoms. The molecule has 0 aromatic heterocycles. The minimum atomic E-state index is -1.16. The van der Waals surface area contributed by atoms with Gasteiger partial charge in [0.25, 0.3) is 0 Å². The van der Waals surface area contributed by atoms with E-state index in [9.17, 15) is 8.78 Å². The lowest BCUT2D eigenvalue weighted by molar-refractivity contribution is 0.229. The van der Waals surface area contributed by atoms with Crippen LogP contribution >= 0.6 is 0 Å². The number of nitrogens with zero attached hydrogens (tertiary/aromatic N) is 1. The second-order valence-corrected chi connectivity index (χ2v) is 4.67. The number of allylic oxidation sites excluding steroid dienone is 2. The summed E-state index contributed by atoms with van der Waals surface area (Å²) in [5, 5.41) is 0. The molecule has 1 aliphatic heterocycles. The smallest absolute Gasteiger partial charge is 0.125 e. The van der Waals surface area contributed by atoms with Crippen LogP contribution in [0.3, 0.4) is 0 Å². The van der Waals surface area contributed by atoms with E-state index in [-0.39, 0.29) is 18.3 Å². The SMILES string of the molecule is NC1CCN(CC2=CC(F)CC(F)=C2)CC1. The molecule has 1 fully saturated rings. The average Bonchev–Trinajstić information content (AvgIpc) is 2.20. The zero-order valence-electron chi connectivity index (χ0n) is 9.33. The summed E-state index contributed by atoms with van der Waals surface area (Å²) in [7, 11) is 0. The molecule has 1 atom stereocenters. The number of hydrogen-bond donors (Lipinski definition) is 1. The molecule has 1 aliphatic carbocycles. The number of alkyl halides is 1. The Hall–Kier alpha value is -0.740. The van der Waals surface area contributed by atoms with E-state index in [0.29, 0.717) is 6.54 Å². The van der Waals surface area contributed by atoms with E-state index in [1.165, 1.54) is 12.2 Å². The van der Waals surface area contributed by atoms with Gasteiger partial charge in [-0.25, -0.2) is 8.78 Å². The Kier molecular flexibility index (Phi) is 3.71. The zero-order chi connectivity index (χ0) is 11.5. The van der Waals surface area contributed by atoms with Crippen LogP contribution in [0.5, 0.6) is 0 Å². The second-order valence-electron chi connectivity index (χ2n) is 4.67. The number of hydrogen-bond acceptors (Lipinski definition) is 2. The van der Waals surface area contributed by atoms with Crippen molar-refractivity contribution in [2.45, 2.75) is 31.5 Å². The van der Waals surface area contributed by atoms with Gasteiger partial charge in [0.05, 0.1) is 0 Å². The maximum absolute atomic E-state index is 13.1. The first-order valence-electron chi connectivity index (χ1n) is 5.82. The summed E-state index contributed by atoms with van der Waals surface area (Å²) in [6.07, 6.45) is 3.67. The molecule has 0 radical (unpaired) electrons. The molecule has 1 unspecified atom stereocenters. The number of nitrogens with two attached hydrogens (primary N) is 1. The lowest BCUT2D eigenvalue weighted by Crippen LogP contribution is -2.40. The fourth-order valence-corrected chi connectivity index (χ4v) is 2.25. The molecule has 1 heterocycles. The van der Waals surface area contributed by atoms with Crippen molar-refractivity contribution in [1.82, 2.24) is 4.90 Å². The van der Waals surface area contributed by atoms with Gasteiger partial charge in [-0.1, -0.05) is 0 Å². The molecule has 0 spiro atoms. The molecule has 0 aromatic carbocycles. The van der Waals surface area contributed by atoms with Gasteiger partial charge in [0, 0.05) is 19.0 Å². The van der Waals surface area contributed by atoms with Gasteiger partial charge in [0.1, 0.15) is 12.0 Å². The quantitative estimate of drug-likeness (QED) is 0.782. The Balaban J connectivity index is 1.90. The van der Waals surface area contributed by atoms with Crippen molar-refractivity contribution in [2.24, 2.45) is 5.73 Å². The summed E-state index contributed by atoms with van der Waals surface area (Å²) in [4.78, 5) is 2.21. The van der Waals surface area contributed by atoms with Crippen LogP contribution in [0.4, 0.5) is 8.78 Å². The van der Waals surface area contributed by atoms with Gasteiger partial charge >= 0.3 is 0 Å². The normalized spacial score (nSPS) is 28.8. The van der Waals surface area contributed by atoms with Crippen LogP contribution in [0, 0.1) is 0 Å². The first-order valence-corrected chi connectivity index (χ1v) is 5.82. The molecule has 0 amide bonds. The molecule has 16 heavy (non-hydrogen) atoms. The summed E-state index contributed by atoms with van der Waals surface area (Å²) in [6.45, 7) is 2.48. The average molecular weight is 228 g/mol.